The van der Waals surface area contributed by atoms with Crippen LogP contribution in [-0.2, 0) is 13.5 Å². The molecule has 2 rings (SSSR count). The van der Waals surface area contributed by atoms with Crippen LogP contribution in [0.5, 0.6) is 0 Å². The minimum Gasteiger partial charge on any atom is -0.389 e. The third kappa shape index (κ3) is 2.53. The zero-order chi connectivity index (χ0) is 10.9. The van der Waals surface area contributed by atoms with E-state index < -0.39 is 5.60 Å². The van der Waals surface area contributed by atoms with Gasteiger partial charge >= 0.3 is 0 Å². The second-order valence-corrected chi connectivity index (χ2v) is 4.80. The van der Waals surface area contributed by atoms with Gasteiger partial charge in [0, 0.05) is 6.42 Å². The Morgan fingerprint density at radius 3 is 3.00 bits per heavy atom. The van der Waals surface area contributed by atoms with Gasteiger partial charge in [0.15, 0.2) is 5.82 Å². The summed E-state index contributed by atoms with van der Waals surface area (Å²) in [6, 6.07) is 0. The van der Waals surface area contributed by atoms with E-state index in [1.54, 1.807) is 7.05 Å². The highest BCUT2D eigenvalue weighted by Crippen LogP contribution is 2.33. The molecular weight excluding hydrogens is 192 g/mol. The molecule has 2 unspecified atom stereocenters. The van der Waals surface area contributed by atoms with Gasteiger partial charge in [0.1, 0.15) is 0 Å². The number of hydrogen-bond acceptors (Lipinski definition) is 4. The molecule has 1 aliphatic rings. The first-order valence-corrected chi connectivity index (χ1v) is 5.53. The molecule has 1 aromatic rings. The molecule has 5 nitrogen and oxygen atoms in total. The molecule has 2 atom stereocenters. The zero-order valence-corrected chi connectivity index (χ0v) is 9.35. The Hall–Kier alpha value is -0.970. The number of nitrogens with zero attached hydrogens (tertiary/aromatic N) is 4. The van der Waals surface area contributed by atoms with Crippen LogP contribution in [0.1, 0.15) is 38.4 Å². The van der Waals surface area contributed by atoms with Crippen LogP contribution in [0.2, 0.25) is 0 Å². The van der Waals surface area contributed by atoms with Crippen LogP contribution in [0, 0.1) is 5.92 Å². The molecule has 0 aromatic carbocycles. The van der Waals surface area contributed by atoms with Gasteiger partial charge in [-0.25, -0.2) is 0 Å². The summed E-state index contributed by atoms with van der Waals surface area (Å²) < 4.78 is 0. The molecule has 1 saturated carbocycles. The summed E-state index contributed by atoms with van der Waals surface area (Å²) in [5.41, 5.74) is -0.610. The van der Waals surface area contributed by atoms with Gasteiger partial charge in [-0.3, -0.25) is 0 Å². The summed E-state index contributed by atoms with van der Waals surface area (Å²) in [4.78, 5) is 1.44. The Kier molecular flexibility index (Phi) is 2.73. The van der Waals surface area contributed by atoms with E-state index >= 15 is 0 Å². The molecule has 1 aliphatic carbocycles. The molecular formula is C10H18N4O. The third-order valence-electron chi connectivity index (χ3n) is 3.10. The monoisotopic (exact) mass is 210 g/mol. The molecule has 0 radical (unpaired) electrons. The highest BCUT2D eigenvalue weighted by atomic mass is 16.3. The van der Waals surface area contributed by atoms with Gasteiger partial charge in [-0.15, -0.1) is 10.2 Å². The second kappa shape index (κ2) is 3.89. The molecule has 0 amide bonds. The largest absolute Gasteiger partial charge is 0.389 e. The van der Waals surface area contributed by atoms with Crippen molar-refractivity contribution in [2.24, 2.45) is 13.0 Å². The van der Waals surface area contributed by atoms with Gasteiger partial charge in [-0.2, -0.15) is 4.80 Å². The van der Waals surface area contributed by atoms with Gasteiger partial charge < -0.3 is 5.11 Å². The molecule has 15 heavy (non-hydrogen) atoms. The number of tetrazole rings is 1. The fourth-order valence-corrected chi connectivity index (χ4v) is 2.48. The van der Waals surface area contributed by atoms with Crippen molar-refractivity contribution >= 4 is 0 Å². The van der Waals surface area contributed by atoms with Crippen LogP contribution in [0.15, 0.2) is 0 Å². The van der Waals surface area contributed by atoms with E-state index in [0.29, 0.717) is 18.2 Å². The molecule has 1 aromatic heterocycles. The standard InChI is InChI=1S/C10H18N4O/c1-8-4-3-5-10(15,6-8)7-9-11-13-14(2)12-9/h8,15H,3-7H2,1-2H3. The summed E-state index contributed by atoms with van der Waals surface area (Å²) in [6.45, 7) is 2.19. The van der Waals surface area contributed by atoms with Gasteiger partial charge in [-0.1, -0.05) is 19.8 Å². The molecule has 0 bridgehead atoms. The Morgan fingerprint density at radius 2 is 2.40 bits per heavy atom. The first kappa shape index (κ1) is 10.5. The molecule has 0 saturated heterocycles. The number of aliphatic hydroxyl groups is 1. The lowest BCUT2D eigenvalue weighted by atomic mass is 9.77. The van der Waals surface area contributed by atoms with E-state index in [-0.39, 0.29) is 0 Å². The Labute approximate surface area is 89.5 Å². The second-order valence-electron chi connectivity index (χ2n) is 4.80. The van der Waals surface area contributed by atoms with Gasteiger partial charge in [0.25, 0.3) is 0 Å². The SMILES string of the molecule is CC1CCCC(O)(Cc2nnn(C)n2)C1. The van der Waals surface area contributed by atoms with Crippen LogP contribution in [-0.4, -0.2) is 30.9 Å². The summed E-state index contributed by atoms with van der Waals surface area (Å²) >= 11 is 0. The summed E-state index contributed by atoms with van der Waals surface area (Å²) in [5, 5.41) is 22.2. The number of rotatable bonds is 2. The lowest BCUT2D eigenvalue weighted by molar-refractivity contribution is -0.0140. The number of hydrogen-bond donors (Lipinski definition) is 1. The average molecular weight is 210 g/mol. The molecule has 84 valence electrons. The topological polar surface area (TPSA) is 63.8 Å². The summed E-state index contributed by atoms with van der Waals surface area (Å²) in [6.07, 6.45) is 4.56. The Bertz CT molecular complexity index is 338. The van der Waals surface area contributed by atoms with Crippen LogP contribution >= 0.6 is 0 Å². The molecule has 0 spiro atoms. The van der Waals surface area contributed by atoms with Crippen molar-refractivity contribution in [2.45, 2.75) is 44.6 Å². The van der Waals surface area contributed by atoms with E-state index in [0.717, 1.165) is 19.3 Å². The Morgan fingerprint density at radius 1 is 1.60 bits per heavy atom. The quantitative estimate of drug-likeness (QED) is 0.780. The lowest BCUT2D eigenvalue weighted by Crippen LogP contribution is -2.37. The van der Waals surface area contributed by atoms with Gasteiger partial charge in [0.05, 0.1) is 12.6 Å². The van der Waals surface area contributed by atoms with Gasteiger partial charge in [0.2, 0.25) is 0 Å². The predicted octanol–water partition coefficient (Wildman–Crippen LogP) is 0.694. The minimum absolute atomic E-state index is 0.533. The zero-order valence-electron chi connectivity index (χ0n) is 9.35. The van der Waals surface area contributed by atoms with Crippen molar-refractivity contribution < 1.29 is 5.11 Å². The molecule has 0 aliphatic heterocycles. The van der Waals surface area contributed by atoms with Crippen molar-refractivity contribution in [1.82, 2.24) is 20.2 Å². The van der Waals surface area contributed by atoms with Crippen molar-refractivity contribution in [2.75, 3.05) is 0 Å². The minimum atomic E-state index is -0.610. The maximum absolute atomic E-state index is 10.4. The van der Waals surface area contributed by atoms with Crippen LogP contribution in [0.3, 0.4) is 0 Å². The van der Waals surface area contributed by atoms with Crippen molar-refractivity contribution in [3.63, 3.8) is 0 Å². The van der Waals surface area contributed by atoms with Crippen LogP contribution in [0.4, 0.5) is 0 Å². The normalized spacial score (nSPS) is 31.8. The average Bonchev–Trinajstić information content (AvgIpc) is 2.49. The van der Waals surface area contributed by atoms with Crippen molar-refractivity contribution in [1.29, 1.82) is 0 Å². The number of aryl methyl sites for hydroxylation is 1. The van der Waals surface area contributed by atoms with E-state index in [2.05, 4.69) is 22.3 Å². The first-order valence-electron chi connectivity index (χ1n) is 5.53. The molecule has 1 heterocycles. The highest BCUT2D eigenvalue weighted by Gasteiger charge is 2.34. The highest BCUT2D eigenvalue weighted by molar-refractivity contribution is 4.94. The van der Waals surface area contributed by atoms with E-state index in [1.165, 1.54) is 11.2 Å². The molecule has 1 fully saturated rings. The van der Waals surface area contributed by atoms with E-state index in [4.69, 9.17) is 0 Å². The lowest BCUT2D eigenvalue weighted by Gasteiger charge is -2.34. The first-order chi connectivity index (χ1) is 7.07. The summed E-state index contributed by atoms with van der Waals surface area (Å²) in [5.74, 6) is 1.24. The van der Waals surface area contributed by atoms with Crippen molar-refractivity contribution in [3.8, 4) is 0 Å². The maximum atomic E-state index is 10.4. The number of aromatic nitrogens is 4. The molecule has 1 N–H and O–H groups in total. The van der Waals surface area contributed by atoms with Crippen LogP contribution in [0.25, 0.3) is 0 Å². The van der Waals surface area contributed by atoms with E-state index in [9.17, 15) is 5.11 Å². The third-order valence-corrected chi connectivity index (χ3v) is 3.10. The Balaban J connectivity index is 2.03. The maximum Gasteiger partial charge on any atom is 0.177 e. The fourth-order valence-electron chi connectivity index (χ4n) is 2.48. The predicted molar refractivity (Wildman–Crippen MR) is 55.1 cm³/mol. The van der Waals surface area contributed by atoms with Crippen molar-refractivity contribution in [3.05, 3.63) is 5.82 Å². The van der Waals surface area contributed by atoms with Crippen LogP contribution < -0.4 is 0 Å². The summed E-state index contributed by atoms with van der Waals surface area (Å²) in [7, 11) is 1.74. The fraction of sp³-hybridized carbons (Fsp3) is 0.900. The molecule has 5 heteroatoms. The van der Waals surface area contributed by atoms with E-state index in [1.807, 2.05) is 0 Å². The van der Waals surface area contributed by atoms with Gasteiger partial charge in [-0.05, 0) is 24.0 Å². The smallest absolute Gasteiger partial charge is 0.177 e.